The van der Waals surface area contributed by atoms with Gasteiger partial charge in [-0.3, -0.25) is 9.78 Å². The lowest BCUT2D eigenvalue weighted by Crippen LogP contribution is -2.01. The molecule has 0 aliphatic carbocycles. The van der Waals surface area contributed by atoms with Gasteiger partial charge in [-0.1, -0.05) is 6.92 Å². The lowest BCUT2D eigenvalue weighted by atomic mass is 10.0. The molecule has 0 unspecified atom stereocenters. The smallest absolute Gasteiger partial charge is 0.180 e. The van der Waals surface area contributed by atoms with Crippen LogP contribution in [0, 0.1) is 6.92 Å². The molecule has 0 saturated heterocycles. The number of aromatic amines is 1. The lowest BCUT2D eigenvalue weighted by Gasteiger charge is -2.09. The highest BCUT2D eigenvalue weighted by Gasteiger charge is 2.11. The molecule has 6 heteroatoms. The van der Waals surface area contributed by atoms with Gasteiger partial charge < -0.3 is 4.98 Å². The second-order valence-corrected chi connectivity index (χ2v) is 5.68. The van der Waals surface area contributed by atoms with E-state index in [2.05, 4.69) is 24.9 Å². The second-order valence-electron chi connectivity index (χ2n) is 5.68. The van der Waals surface area contributed by atoms with Crippen LogP contribution in [0.15, 0.2) is 37.1 Å². The number of aryl methyl sites for hydroxylation is 1. The molecule has 0 saturated carbocycles. The monoisotopic (exact) mass is 317 g/mol. The summed E-state index contributed by atoms with van der Waals surface area (Å²) in [6.45, 7) is 3.82. The fourth-order valence-electron chi connectivity index (χ4n) is 2.82. The van der Waals surface area contributed by atoms with Crippen molar-refractivity contribution in [1.82, 2.24) is 24.9 Å². The first-order valence-corrected chi connectivity index (χ1v) is 7.75. The van der Waals surface area contributed by atoms with Gasteiger partial charge in [-0.15, -0.1) is 0 Å². The number of pyridine rings is 3. The highest BCUT2D eigenvalue weighted by molar-refractivity contribution is 6.02. The van der Waals surface area contributed by atoms with E-state index in [9.17, 15) is 4.79 Å². The van der Waals surface area contributed by atoms with Crippen LogP contribution in [0.4, 0.5) is 0 Å². The van der Waals surface area contributed by atoms with Crippen LogP contribution in [0.2, 0.25) is 0 Å². The van der Waals surface area contributed by atoms with Crippen molar-refractivity contribution < 1.29 is 4.79 Å². The summed E-state index contributed by atoms with van der Waals surface area (Å²) in [4.78, 5) is 32.1. The van der Waals surface area contributed by atoms with Gasteiger partial charge in [0.15, 0.2) is 11.4 Å². The maximum absolute atomic E-state index is 11.8. The Morgan fingerprint density at radius 1 is 1.12 bits per heavy atom. The van der Waals surface area contributed by atoms with E-state index in [4.69, 9.17) is 0 Å². The van der Waals surface area contributed by atoms with Crippen molar-refractivity contribution in [1.29, 1.82) is 0 Å². The molecule has 0 aliphatic heterocycles. The van der Waals surface area contributed by atoms with Gasteiger partial charge in [-0.05, 0) is 24.6 Å². The minimum atomic E-state index is 0.0496. The van der Waals surface area contributed by atoms with Crippen molar-refractivity contribution in [2.75, 3.05) is 0 Å². The summed E-state index contributed by atoms with van der Waals surface area (Å²) >= 11 is 0. The zero-order valence-corrected chi connectivity index (χ0v) is 13.4. The Morgan fingerprint density at radius 2 is 2.00 bits per heavy atom. The van der Waals surface area contributed by atoms with E-state index in [0.29, 0.717) is 17.8 Å². The zero-order valence-electron chi connectivity index (χ0n) is 13.4. The van der Waals surface area contributed by atoms with Gasteiger partial charge in [0.25, 0.3) is 0 Å². The number of fused-ring (bicyclic) bond motifs is 3. The predicted molar refractivity (Wildman–Crippen MR) is 91.8 cm³/mol. The Labute approximate surface area is 138 Å². The Balaban J connectivity index is 1.84. The van der Waals surface area contributed by atoms with Crippen molar-refractivity contribution in [3.05, 3.63) is 48.3 Å². The average Bonchev–Trinajstić information content (AvgIpc) is 3.09. The quantitative estimate of drug-likeness (QED) is 0.585. The molecule has 4 aromatic heterocycles. The maximum atomic E-state index is 11.8. The van der Waals surface area contributed by atoms with Gasteiger partial charge >= 0.3 is 0 Å². The van der Waals surface area contributed by atoms with Gasteiger partial charge in [0, 0.05) is 47.0 Å². The number of ketones is 1. The highest BCUT2D eigenvalue weighted by Crippen LogP contribution is 2.27. The summed E-state index contributed by atoms with van der Waals surface area (Å²) in [5.41, 5.74) is 4.81. The number of Topliss-reactive ketones (excluding diaryl/α,β-unsaturated/α-hetero) is 1. The van der Waals surface area contributed by atoms with Gasteiger partial charge in [-0.25, -0.2) is 15.0 Å². The molecule has 4 aromatic rings. The summed E-state index contributed by atoms with van der Waals surface area (Å²) in [6, 6.07) is 3.85. The van der Waals surface area contributed by atoms with Crippen LogP contribution in [0.1, 0.15) is 29.4 Å². The van der Waals surface area contributed by atoms with E-state index in [1.807, 2.05) is 32.2 Å². The largest absolute Gasteiger partial charge is 0.360 e. The molecule has 0 atom stereocenters. The zero-order chi connectivity index (χ0) is 16.7. The van der Waals surface area contributed by atoms with E-state index >= 15 is 0 Å². The Kier molecular flexibility index (Phi) is 3.30. The SMILES string of the molecule is CCC(=O)c1cc(C)c(-c2cc3cnc4ncnc4c3c[nH]2)cn1. The number of nitrogens with zero attached hydrogens (tertiary/aromatic N) is 4. The molecule has 6 nitrogen and oxygen atoms in total. The van der Waals surface area contributed by atoms with Crippen molar-refractivity contribution in [2.24, 2.45) is 0 Å². The van der Waals surface area contributed by atoms with Crippen molar-refractivity contribution in [3.63, 3.8) is 0 Å². The molecule has 1 N–H and O–H groups in total. The van der Waals surface area contributed by atoms with Crippen LogP contribution in [0.25, 0.3) is 33.2 Å². The predicted octanol–water partition coefficient (Wildman–Crippen LogP) is 3.47. The number of rotatable bonds is 3. The molecule has 0 aliphatic rings. The fourth-order valence-corrected chi connectivity index (χ4v) is 2.82. The molecule has 24 heavy (non-hydrogen) atoms. The molecule has 0 fully saturated rings. The molecule has 0 amide bonds. The summed E-state index contributed by atoms with van der Waals surface area (Å²) in [5, 5.41) is 1.95. The molecule has 0 radical (unpaired) electrons. The van der Waals surface area contributed by atoms with E-state index in [-0.39, 0.29) is 5.78 Å². The summed E-state index contributed by atoms with van der Waals surface area (Å²) in [5.74, 6) is 0.0496. The van der Waals surface area contributed by atoms with Crippen LogP contribution < -0.4 is 0 Å². The number of hydrogen-bond donors (Lipinski definition) is 1. The van der Waals surface area contributed by atoms with Gasteiger partial charge in [0.2, 0.25) is 0 Å². The lowest BCUT2D eigenvalue weighted by molar-refractivity contribution is 0.0983. The number of imidazole rings is 1. The van der Waals surface area contributed by atoms with Gasteiger partial charge in [0.05, 0.1) is 0 Å². The molecule has 0 spiro atoms. The van der Waals surface area contributed by atoms with Crippen molar-refractivity contribution in [3.8, 4) is 11.3 Å². The summed E-state index contributed by atoms with van der Waals surface area (Å²) in [7, 11) is 0. The first kappa shape index (κ1) is 14.4. The van der Waals surface area contributed by atoms with Crippen LogP contribution in [0.5, 0.6) is 0 Å². The van der Waals surface area contributed by atoms with Crippen LogP contribution >= 0.6 is 0 Å². The molecule has 118 valence electrons. The number of carbonyl (C=O) groups excluding carboxylic acids is 1. The number of carbonyl (C=O) groups is 1. The highest BCUT2D eigenvalue weighted by atomic mass is 16.1. The number of hydrogen-bond acceptors (Lipinski definition) is 5. The second kappa shape index (κ2) is 5.49. The van der Waals surface area contributed by atoms with E-state index in [1.54, 1.807) is 12.4 Å². The Bertz CT molecular complexity index is 1080. The minimum absolute atomic E-state index is 0.0496. The van der Waals surface area contributed by atoms with Gasteiger partial charge in [-0.2, -0.15) is 0 Å². The molecule has 0 aromatic carbocycles. The number of H-pyrrole nitrogens is 1. The molecular weight excluding hydrogens is 302 g/mol. The third-order valence-corrected chi connectivity index (χ3v) is 4.15. The van der Waals surface area contributed by atoms with Crippen LogP contribution in [0.3, 0.4) is 0 Å². The van der Waals surface area contributed by atoms with Crippen LogP contribution in [-0.4, -0.2) is 30.7 Å². The Hall–Kier alpha value is -3.15. The summed E-state index contributed by atoms with van der Waals surface area (Å²) < 4.78 is 0. The van der Waals surface area contributed by atoms with E-state index in [0.717, 1.165) is 33.1 Å². The first-order chi connectivity index (χ1) is 11.7. The van der Waals surface area contributed by atoms with Gasteiger partial charge in [0.1, 0.15) is 17.5 Å². The average molecular weight is 317 g/mol. The van der Waals surface area contributed by atoms with Crippen molar-refractivity contribution >= 4 is 27.7 Å². The van der Waals surface area contributed by atoms with E-state index < -0.39 is 0 Å². The third kappa shape index (κ3) is 2.23. The summed E-state index contributed by atoms with van der Waals surface area (Å²) in [6.07, 6.45) is 7.41. The number of nitrogens with one attached hydrogen (secondary N) is 1. The topological polar surface area (TPSA) is 84.4 Å². The van der Waals surface area contributed by atoms with E-state index in [1.165, 1.54) is 6.33 Å². The van der Waals surface area contributed by atoms with Crippen molar-refractivity contribution in [2.45, 2.75) is 20.3 Å². The standard InChI is InChI=1S/C18H15N5O/c1-3-16(24)15-4-10(2)12(7-20-15)14-5-11-6-21-18-17(22-9-23-18)13(11)8-19-14/h4-9,19H,3H2,1-2H3. The number of aromatic nitrogens is 5. The minimum Gasteiger partial charge on any atom is -0.360 e. The normalized spacial score (nSPS) is 11.2. The van der Waals surface area contributed by atoms with Crippen LogP contribution in [-0.2, 0) is 0 Å². The maximum Gasteiger partial charge on any atom is 0.180 e. The molecular formula is C18H15N5O. The first-order valence-electron chi connectivity index (χ1n) is 7.75. The third-order valence-electron chi connectivity index (χ3n) is 4.15. The fraction of sp³-hybridized carbons (Fsp3) is 0.167. The molecule has 0 bridgehead atoms. The molecule has 4 rings (SSSR count). The Morgan fingerprint density at radius 3 is 2.79 bits per heavy atom. The molecule has 4 heterocycles.